The molecule has 3 nitrogen and oxygen atoms in total. The highest BCUT2D eigenvalue weighted by atomic mass is 16.5. The Morgan fingerprint density at radius 3 is 2.46 bits per heavy atom. The van der Waals surface area contributed by atoms with E-state index in [1.54, 1.807) is 25.2 Å². The van der Waals surface area contributed by atoms with Crippen molar-refractivity contribution >= 4 is 12.3 Å². The third-order valence-electron chi connectivity index (χ3n) is 1.21. The average molecular weight is 180 g/mol. The van der Waals surface area contributed by atoms with E-state index in [1.165, 1.54) is 19.3 Å². The standard InChI is InChI=1S/C10H12O3/c1-9(8-10(12)13-2)6-4-3-5-7-11/h3-8H,1-2H3. The Labute approximate surface area is 77.4 Å². The van der Waals surface area contributed by atoms with Gasteiger partial charge in [-0.1, -0.05) is 18.2 Å². The van der Waals surface area contributed by atoms with E-state index in [9.17, 15) is 9.59 Å². The Morgan fingerprint density at radius 2 is 1.92 bits per heavy atom. The van der Waals surface area contributed by atoms with Crippen LogP contribution in [0, 0.1) is 0 Å². The third-order valence-corrected chi connectivity index (χ3v) is 1.21. The summed E-state index contributed by atoms with van der Waals surface area (Å²) in [5, 5.41) is 0. The second-order valence-electron chi connectivity index (χ2n) is 2.29. The molecule has 3 heteroatoms. The van der Waals surface area contributed by atoms with Crippen LogP contribution in [0.3, 0.4) is 0 Å². The molecule has 0 saturated carbocycles. The Bertz CT molecular complexity index is 259. The first-order chi connectivity index (χ1) is 6.20. The van der Waals surface area contributed by atoms with E-state index in [4.69, 9.17) is 0 Å². The SMILES string of the molecule is COC(=O)C=C(C)C=CC=CC=O. The van der Waals surface area contributed by atoms with E-state index in [0.29, 0.717) is 6.29 Å². The summed E-state index contributed by atoms with van der Waals surface area (Å²) in [4.78, 5) is 20.6. The molecule has 0 atom stereocenters. The smallest absolute Gasteiger partial charge is 0.330 e. The number of methoxy groups -OCH3 is 1. The highest BCUT2D eigenvalue weighted by Gasteiger charge is 1.91. The monoisotopic (exact) mass is 180 g/mol. The van der Waals surface area contributed by atoms with Crippen LogP contribution in [0.5, 0.6) is 0 Å². The molecule has 0 spiro atoms. The molecular formula is C10H12O3. The van der Waals surface area contributed by atoms with Crippen LogP contribution in [0.2, 0.25) is 0 Å². The second-order valence-corrected chi connectivity index (χ2v) is 2.29. The molecule has 0 rings (SSSR count). The predicted molar refractivity (Wildman–Crippen MR) is 50.1 cm³/mol. The summed E-state index contributed by atoms with van der Waals surface area (Å²) in [6.45, 7) is 1.77. The van der Waals surface area contributed by atoms with Gasteiger partial charge in [-0.2, -0.15) is 0 Å². The molecule has 70 valence electrons. The predicted octanol–water partition coefficient (Wildman–Crippen LogP) is 1.42. The number of esters is 1. The normalized spacial score (nSPS) is 12.3. The van der Waals surface area contributed by atoms with E-state index in [2.05, 4.69) is 4.74 Å². The molecule has 0 aromatic carbocycles. The highest BCUT2D eigenvalue weighted by molar-refractivity contribution is 5.83. The molecule has 0 aromatic rings. The van der Waals surface area contributed by atoms with Crippen LogP contribution >= 0.6 is 0 Å². The zero-order valence-corrected chi connectivity index (χ0v) is 7.69. The van der Waals surface area contributed by atoms with Crippen molar-refractivity contribution in [3.05, 3.63) is 36.0 Å². The number of hydrogen-bond donors (Lipinski definition) is 0. The number of ether oxygens (including phenoxy) is 1. The number of rotatable bonds is 4. The van der Waals surface area contributed by atoms with Gasteiger partial charge in [0.15, 0.2) is 0 Å². The molecule has 0 heterocycles. The maximum Gasteiger partial charge on any atom is 0.330 e. The fourth-order valence-corrected chi connectivity index (χ4v) is 0.610. The van der Waals surface area contributed by atoms with Crippen LogP contribution < -0.4 is 0 Å². The Kier molecular flexibility index (Phi) is 6.15. The fourth-order valence-electron chi connectivity index (χ4n) is 0.610. The molecule has 0 aliphatic carbocycles. The van der Waals surface area contributed by atoms with Gasteiger partial charge in [0.25, 0.3) is 0 Å². The van der Waals surface area contributed by atoms with Crippen molar-refractivity contribution < 1.29 is 14.3 Å². The first-order valence-corrected chi connectivity index (χ1v) is 3.75. The summed E-state index contributed by atoms with van der Waals surface area (Å²) in [5.74, 6) is -0.387. The molecule has 0 amide bonds. The zero-order valence-electron chi connectivity index (χ0n) is 7.69. The van der Waals surface area contributed by atoms with Gasteiger partial charge in [-0.25, -0.2) is 4.79 Å². The molecule has 0 bridgehead atoms. The average Bonchev–Trinajstić information content (AvgIpc) is 2.12. The number of allylic oxidation sites excluding steroid dienone is 5. The molecule has 13 heavy (non-hydrogen) atoms. The summed E-state index contributed by atoms with van der Waals surface area (Å²) >= 11 is 0. The first kappa shape index (κ1) is 11.4. The molecule has 0 unspecified atom stereocenters. The van der Waals surface area contributed by atoms with Crippen molar-refractivity contribution in [3.63, 3.8) is 0 Å². The molecule has 0 fully saturated rings. The van der Waals surface area contributed by atoms with Gasteiger partial charge in [0, 0.05) is 6.08 Å². The first-order valence-electron chi connectivity index (χ1n) is 3.75. The Hall–Kier alpha value is -1.64. The number of carbonyl (C=O) groups is 2. The number of hydrogen-bond acceptors (Lipinski definition) is 3. The van der Waals surface area contributed by atoms with E-state index >= 15 is 0 Å². The van der Waals surface area contributed by atoms with E-state index in [1.807, 2.05) is 0 Å². The van der Waals surface area contributed by atoms with Gasteiger partial charge < -0.3 is 4.74 Å². The topological polar surface area (TPSA) is 43.4 Å². The highest BCUT2D eigenvalue weighted by Crippen LogP contribution is 1.95. The molecule has 0 aliphatic heterocycles. The minimum Gasteiger partial charge on any atom is -0.466 e. The van der Waals surface area contributed by atoms with Crippen LogP contribution in [0.15, 0.2) is 36.0 Å². The van der Waals surface area contributed by atoms with Gasteiger partial charge in [-0.05, 0) is 18.6 Å². The van der Waals surface area contributed by atoms with Crippen molar-refractivity contribution in [2.24, 2.45) is 0 Å². The van der Waals surface area contributed by atoms with Gasteiger partial charge >= 0.3 is 5.97 Å². The Morgan fingerprint density at radius 1 is 1.23 bits per heavy atom. The molecule has 0 aromatic heterocycles. The van der Waals surface area contributed by atoms with Crippen molar-refractivity contribution in [2.75, 3.05) is 7.11 Å². The quantitative estimate of drug-likeness (QED) is 0.284. The summed E-state index contributed by atoms with van der Waals surface area (Å²) in [7, 11) is 1.32. The maximum atomic E-state index is 10.7. The minimum absolute atomic E-state index is 0.387. The second kappa shape index (κ2) is 7.03. The maximum absolute atomic E-state index is 10.7. The lowest BCUT2D eigenvalue weighted by atomic mass is 10.2. The van der Waals surface area contributed by atoms with Crippen molar-refractivity contribution in [1.82, 2.24) is 0 Å². The molecular weight excluding hydrogens is 168 g/mol. The number of carbonyl (C=O) groups excluding carboxylic acids is 2. The minimum atomic E-state index is -0.387. The van der Waals surface area contributed by atoms with Crippen LogP contribution in [-0.2, 0) is 14.3 Å². The van der Waals surface area contributed by atoms with Crippen LogP contribution in [-0.4, -0.2) is 19.4 Å². The molecule has 0 saturated heterocycles. The summed E-state index contributed by atoms with van der Waals surface area (Å²) in [5.41, 5.74) is 0.766. The van der Waals surface area contributed by atoms with Gasteiger partial charge in [-0.15, -0.1) is 0 Å². The lowest BCUT2D eigenvalue weighted by Gasteiger charge is -1.91. The molecule has 0 N–H and O–H groups in total. The van der Waals surface area contributed by atoms with Crippen molar-refractivity contribution in [3.8, 4) is 0 Å². The number of aldehydes is 1. The van der Waals surface area contributed by atoms with Gasteiger partial charge in [0.1, 0.15) is 6.29 Å². The summed E-state index contributed by atoms with van der Waals surface area (Å²) in [6, 6.07) is 0. The summed E-state index contributed by atoms with van der Waals surface area (Å²) < 4.78 is 4.42. The van der Waals surface area contributed by atoms with Crippen molar-refractivity contribution in [1.29, 1.82) is 0 Å². The third kappa shape index (κ3) is 6.75. The largest absolute Gasteiger partial charge is 0.466 e. The molecule has 0 aliphatic rings. The Balaban J connectivity index is 4.12. The van der Waals surface area contributed by atoms with Crippen LogP contribution in [0.1, 0.15) is 6.92 Å². The van der Waals surface area contributed by atoms with E-state index < -0.39 is 0 Å². The van der Waals surface area contributed by atoms with E-state index in [0.717, 1.165) is 5.57 Å². The zero-order chi connectivity index (χ0) is 10.1. The van der Waals surface area contributed by atoms with Gasteiger partial charge in [-0.3, -0.25) is 4.79 Å². The molecule has 0 radical (unpaired) electrons. The lowest BCUT2D eigenvalue weighted by Crippen LogP contribution is -1.94. The lowest BCUT2D eigenvalue weighted by molar-refractivity contribution is -0.134. The van der Waals surface area contributed by atoms with Crippen molar-refractivity contribution in [2.45, 2.75) is 6.92 Å². The summed E-state index contributed by atoms with van der Waals surface area (Å²) in [6.07, 6.45) is 8.37. The van der Waals surface area contributed by atoms with Gasteiger partial charge in [0.05, 0.1) is 7.11 Å². The van der Waals surface area contributed by atoms with Gasteiger partial charge in [0.2, 0.25) is 0 Å². The fraction of sp³-hybridized carbons (Fsp3) is 0.200. The van der Waals surface area contributed by atoms with Crippen LogP contribution in [0.4, 0.5) is 0 Å². The van der Waals surface area contributed by atoms with Crippen LogP contribution in [0.25, 0.3) is 0 Å². The van der Waals surface area contributed by atoms with E-state index in [-0.39, 0.29) is 5.97 Å².